The summed E-state index contributed by atoms with van der Waals surface area (Å²) < 4.78 is 22.9. The first-order valence-electron chi connectivity index (χ1n) is 10.6. The van der Waals surface area contributed by atoms with E-state index in [1.54, 1.807) is 14.2 Å². The number of para-hydroxylation sites is 2. The molecule has 32 heavy (non-hydrogen) atoms. The minimum absolute atomic E-state index is 0.631. The van der Waals surface area contributed by atoms with E-state index in [1.165, 1.54) is 0 Å². The van der Waals surface area contributed by atoms with Crippen molar-refractivity contribution in [2.24, 2.45) is 4.99 Å². The van der Waals surface area contributed by atoms with Gasteiger partial charge in [-0.15, -0.1) is 0 Å². The van der Waals surface area contributed by atoms with E-state index in [2.05, 4.69) is 6.07 Å². The number of furan rings is 1. The molecule has 0 saturated heterocycles. The number of fused-ring (bicyclic) bond motifs is 1. The second kappa shape index (κ2) is 9.18. The first kappa shape index (κ1) is 21.5. The van der Waals surface area contributed by atoms with Crippen molar-refractivity contribution in [3.05, 3.63) is 77.5 Å². The average molecular weight is 430 g/mol. The van der Waals surface area contributed by atoms with E-state index < -0.39 is 0 Å². The van der Waals surface area contributed by atoms with Gasteiger partial charge in [0.1, 0.15) is 34.5 Å². The third-order valence-corrected chi connectivity index (χ3v) is 5.39. The molecule has 0 aliphatic carbocycles. The van der Waals surface area contributed by atoms with Gasteiger partial charge in [-0.3, -0.25) is 0 Å². The molecule has 0 unspecified atom stereocenters. The van der Waals surface area contributed by atoms with Crippen LogP contribution in [-0.2, 0) is 0 Å². The highest BCUT2D eigenvalue weighted by Crippen LogP contribution is 2.34. The van der Waals surface area contributed by atoms with Crippen LogP contribution in [0.5, 0.6) is 17.2 Å². The molecule has 5 nitrogen and oxygen atoms in total. The fraction of sp³-hybridized carbons (Fsp3) is 0.222. The summed E-state index contributed by atoms with van der Waals surface area (Å²) in [5, 5.41) is 2.62. The largest absolute Gasteiger partial charge is 0.496 e. The van der Waals surface area contributed by atoms with Crippen molar-refractivity contribution in [2.45, 2.75) is 20.8 Å². The van der Waals surface area contributed by atoms with Crippen LogP contribution in [0.3, 0.4) is 0 Å². The number of hydrogen-bond acceptors (Lipinski definition) is 5. The van der Waals surface area contributed by atoms with E-state index in [0.717, 1.165) is 56.0 Å². The molecule has 164 valence electrons. The van der Waals surface area contributed by atoms with Crippen LogP contribution in [0, 0.1) is 13.8 Å². The summed E-state index contributed by atoms with van der Waals surface area (Å²) in [5.74, 6) is 3.86. The summed E-state index contributed by atoms with van der Waals surface area (Å²) in [6, 6.07) is 19.8. The number of aryl methyl sites for hydroxylation is 2. The van der Waals surface area contributed by atoms with Crippen LogP contribution in [0.15, 0.2) is 70.1 Å². The minimum Gasteiger partial charge on any atom is -0.496 e. The van der Waals surface area contributed by atoms with Crippen molar-refractivity contribution < 1.29 is 18.6 Å². The zero-order valence-corrected chi connectivity index (χ0v) is 19.1. The van der Waals surface area contributed by atoms with Crippen LogP contribution >= 0.6 is 0 Å². The lowest BCUT2D eigenvalue weighted by Gasteiger charge is -2.05. The zero-order chi connectivity index (χ0) is 22.7. The smallest absolute Gasteiger partial charge is 0.144 e. The molecule has 0 bridgehead atoms. The van der Waals surface area contributed by atoms with Gasteiger partial charge < -0.3 is 18.6 Å². The van der Waals surface area contributed by atoms with Crippen LogP contribution in [0.25, 0.3) is 21.9 Å². The van der Waals surface area contributed by atoms with E-state index in [-0.39, 0.29) is 0 Å². The summed E-state index contributed by atoms with van der Waals surface area (Å²) in [4.78, 5) is 5.00. The van der Waals surface area contributed by atoms with E-state index in [4.69, 9.17) is 23.6 Å². The summed E-state index contributed by atoms with van der Waals surface area (Å²) in [7, 11) is 3.33. The molecule has 3 aromatic carbocycles. The average Bonchev–Trinajstić information content (AvgIpc) is 3.00. The molecule has 4 aromatic rings. The van der Waals surface area contributed by atoms with Crippen molar-refractivity contribution >= 4 is 16.5 Å². The first-order valence-corrected chi connectivity index (χ1v) is 10.6. The summed E-state index contributed by atoms with van der Waals surface area (Å²) in [6.07, 6.45) is 0. The monoisotopic (exact) mass is 429 g/mol. The molecule has 0 amide bonds. The van der Waals surface area contributed by atoms with Gasteiger partial charge in [0.25, 0.3) is 0 Å². The van der Waals surface area contributed by atoms with Crippen molar-refractivity contribution in [3.8, 4) is 28.4 Å². The molecular formula is C27H27NO4. The van der Waals surface area contributed by atoms with Gasteiger partial charge in [0.05, 0.1) is 37.0 Å². The number of methoxy groups -OCH3 is 2. The van der Waals surface area contributed by atoms with Gasteiger partial charge in [-0.05, 0) is 68.3 Å². The van der Waals surface area contributed by atoms with Crippen molar-refractivity contribution in [3.63, 3.8) is 0 Å². The summed E-state index contributed by atoms with van der Waals surface area (Å²) in [5.41, 5.74) is 2.76. The van der Waals surface area contributed by atoms with Crippen LogP contribution in [0.4, 0.5) is 5.69 Å². The van der Waals surface area contributed by atoms with E-state index in [0.29, 0.717) is 12.4 Å². The van der Waals surface area contributed by atoms with E-state index >= 15 is 0 Å². The Morgan fingerprint density at radius 3 is 2.16 bits per heavy atom. The maximum Gasteiger partial charge on any atom is 0.144 e. The lowest BCUT2D eigenvalue weighted by atomic mass is 10.1. The first-order chi connectivity index (χ1) is 15.5. The van der Waals surface area contributed by atoms with Crippen LogP contribution in [0.2, 0.25) is 0 Å². The Kier molecular flexibility index (Phi) is 6.17. The quantitative estimate of drug-likeness (QED) is 0.358. The summed E-state index contributed by atoms with van der Waals surface area (Å²) >= 11 is 0. The highest BCUT2D eigenvalue weighted by molar-refractivity contribution is 5.93. The van der Waals surface area contributed by atoms with Gasteiger partial charge in [-0.2, -0.15) is 0 Å². The Bertz CT molecular complexity index is 1320. The molecule has 4 rings (SSSR count). The van der Waals surface area contributed by atoms with Crippen molar-refractivity contribution in [1.82, 2.24) is 0 Å². The van der Waals surface area contributed by atoms with Gasteiger partial charge in [0, 0.05) is 0 Å². The predicted octanol–water partition coefficient (Wildman–Crippen LogP) is 6.36. The molecule has 0 spiro atoms. The van der Waals surface area contributed by atoms with Crippen LogP contribution in [-0.4, -0.2) is 20.8 Å². The third-order valence-electron chi connectivity index (χ3n) is 5.39. The molecular weight excluding hydrogens is 402 g/mol. The fourth-order valence-corrected chi connectivity index (χ4v) is 3.94. The second-order valence-corrected chi connectivity index (χ2v) is 7.40. The molecule has 0 radical (unpaired) electrons. The standard InChI is InChI=1S/C27H27NO4/c1-6-31-21-13-11-19(12-14-21)20-15-23(28-22-9-7-8-10-24(22)29-4)26-17(2)32-18(3)27(26)25(16-20)30-5/h7-16H,6H2,1-5H3. The molecule has 0 fully saturated rings. The number of ether oxygens (including phenoxy) is 3. The SMILES string of the molecule is CCOc1ccc(-c2cc(OC)c3c(C)oc(C)c3c(=Nc3ccccc3OC)c2)cc1. The van der Waals surface area contributed by atoms with Crippen molar-refractivity contribution in [2.75, 3.05) is 20.8 Å². The van der Waals surface area contributed by atoms with E-state index in [9.17, 15) is 0 Å². The van der Waals surface area contributed by atoms with Gasteiger partial charge in [0.2, 0.25) is 0 Å². The van der Waals surface area contributed by atoms with E-state index in [1.807, 2.05) is 75.4 Å². The molecule has 0 saturated carbocycles. The third kappa shape index (κ3) is 4.06. The normalized spacial score (nSPS) is 11.6. The fourth-order valence-electron chi connectivity index (χ4n) is 3.94. The number of benzene rings is 2. The lowest BCUT2D eigenvalue weighted by Crippen LogP contribution is -2.00. The molecule has 5 heteroatoms. The maximum atomic E-state index is 5.98. The van der Waals surface area contributed by atoms with Crippen LogP contribution in [0.1, 0.15) is 18.4 Å². The van der Waals surface area contributed by atoms with Crippen LogP contribution < -0.4 is 19.6 Å². The zero-order valence-electron chi connectivity index (χ0n) is 19.1. The number of hydrogen-bond donors (Lipinski definition) is 0. The Morgan fingerprint density at radius 1 is 0.781 bits per heavy atom. The molecule has 0 atom stereocenters. The molecule has 1 aromatic heterocycles. The number of rotatable bonds is 6. The summed E-state index contributed by atoms with van der Waals surface area (Å²) in [6.45, 7) is 6.50. The topological polar surface area (TPSA) is 53.2 Å². The Hall–Kier alpha value is -3.73. The lowest BCUT2D eigenvalue weighted by molar-refractivity contribution is 0.340. The highest BCUT2D eigenvalue weighted by Gasteiger charge is 2.15. The maximum absolute atomic E-state index is 5.98. The second-order valence-electron chi connectivity index (χ2n) is 7.40. The molecule has 0 aliphatic rings. The van der Waals surface area contributed by atoms with Gasteiger partial charge in [-0.25, -0.2) is 4.99 Å². The van der Waals surface area contributed by atoms with Gasteiger partial charge in [0.15, 0.2) is 0 Å². The molecule has 0 N–H and O–H groups in total. The number of nitrogens with zero attached hydrogens (tertiary/aromatic N) is 1. The predicted molar refractivity (Wildman–Crippen MR) is 127 cm³/mol. The minimum atomic E-state index is 0.631. The Morgan fingerprint density at radius 2 is 1.47 bits per heavy atom. The highest BCUT2D eigenvalue weighted by atomic mass is 16.5. The van der Waals surface area contributed by atoms with Gasteiger partial charge in [-0.1, -0.05) is 24.3 Å². The molecule has 1 heterocycles. The van der Waals surface area contributed by atoms with Gasteiger partial charge >= 0.3 is 0 Å². The molecule has 0 aliphatic heterocycles. The Balaban J connectivity index is 2.06. The van der Waals surface area contributed by atoms with Crippen molar-refractivity contribution in [1.29, 1.82) is 0 Å². The Labute approximate surface area is 187 Å².